The Labute approximate surface area is 100.0 Å². The Kier molecular flexibility index (Phi) is 4.08. The van der Waals surface area contributed by atoms with Crippen LogP contribution in [0.4, 0.5) is 0 Å². The number of benzene rings is 1. The molecule has 0 bridgehead atoms. The van der Waals surface area contributed by atoms with Crippen molar-refractivity contribution in [2.45, 2.75) is 25.3 Å². The van der Waals surface area contributed by atoms with Crippen molar-refractivity contribution in [3.63, 3.8) is 0 Å². The molecule has 1 aliphatic rings. The molecule has 2 N–H and O–H groups in total. The smallest absolute Gasteiger partial charge is 0.0627 e. The van der Waals surface area contributed by atoms with Gasteiger partial charge in [-0.2, -0.15) is 0 Å². The van der Waals surface area contributed by atoms with Crippen LogP contribution >= 0.6 is 35.6 Å². The second-order valence-corrected chi connectivity index (χ2v) is 4.21. The largest absolute Gasteiger partial charge is 0.324 e. The van der Waals surface area contributed by atoms with Crippen LogP contribution in [0.1, 0.15) is 30.0 Å². The lowest BCUT2D eigenvalue weighted by Crippen LogP contribution is -2.17. The molecule has 1 aromatic carbocycles. The third-order valence-corrected chi connectivity index (χ3v) is 3.42. The zero-order valence-electron chi connectivity index (χ0n) is 7.59. The van der Waals surface area contributed by atoms with Gasteiger partial charge in [0.05, 0.1) is 10.0 Å². The molecule has 14 heavy (non-hydrogen) atoms. The van der Waals surface area contributed by atoms with Gasteiger partial charge in [-0.05, 0) is 36.5 Å². The van der Waals surface area contributed by atoms with Crippen molar-refractivity contribution in [3.8, 4) is 0 Å². The fraction of sp³-hybridized carbons (Fsp3) is 0.400. The predicted molar refractivity (Wildman–Crippen MR) is 63.6 cm³/mol. The van der Waals surface area contributed by atoms with Gasteiger partial charge in [-0.15, -0.1) is 12.4 Å². The van der Waals surface area contributed by atoms with Crippen LogP contribution in [-0.4, -0.2) is 0 Å². The summed E-state index contributed by atoms with van der Waals surface area (Å²) in [5, 5.41) is 1.32. The van der Waals surface area contributed by atoms with Crippen LogP contribution in [0.2, 0.25) is 10.0 Å². The lowest BCUT2D eigenvalue weighted by atomic mass is 9.88. The lowest BCUT2D eigenvalue weighted by Gasteiger charge is -2.23. The van der Waals surface area contributed by atoms with Crippen molar-refractivity contribution in [1.82, 2.24) is 0 Å². The van der Waals surface area contributed by atoms with Crippen molar-refractivity contribution < 1.29 is 0 Å². The Balaban J connectivity index is 0.000000980. The summed E-state index contributed by atoms with van der Waals surface area (Å²) in [6.07, 6.45) is 3.15. The molecule has 0 spiro atoms. The van der Waals surface area contributed by atoms with E-state index in [4.69, 9.17) is 28.9 Å². The molecular formula is C10H12Cl3N. The molecule has 0 heterocycles. The van der Waals surface area contributed by atoms with Crippen molar-refractivity contribution in [2.24, 2.45) is 5.73 Å². The first-order valence-electron chi connectivity index (χ1n) is 4.42. The summed E-state index contributed by atoms with van der Waals surface area (Å²) >= 11 is 12.0. The van der Waals surface area contributed by atoms with E-state index in [2.05, 4.69) is 0 Å². The van der Waals surface area contributed by atoms with Crippen LogP contribution in [0.15, 0.2) is 12.1 Å². The van der Waals surface area contributed by atoms with Crippen molar-refractivity contribution in [3.05, 3.63) is 33.3 Å². The molecule has 0 fully saturated rings. The summed E-state index contributed by atoms with van der Waals surface area (Å²) in [5.74, 6) is 0. The molecule has 0 saturated carbocycles. The standard InChI is InChI=1S/C10H11Cl2N.ClH/c11-8-5-4-6-7(10(8)12)2-1-3-9(6)13;/h4-5,9H,1-3,13H2;1H. The minimum Gasteiger partial charge on any atom is -0.324 e. The number of hydrogen-bond acceptors (Lipinski definition) is 1. The summed E-state index contributed by atoms with van der Waals surface area (Å²) < 4.78 is 0. The minimum atomic E-state index is 0. The van der Waals surface area contributed by atoms with Crippen molar-refractivity contribution in [1.29, 1.82) is 0 Å². The molecule has 1 nitrogen and oxygen atoms in total. The van der Waals surface area contributed by atoms with E-state index in [1.165, 1.54) is 5.56 Å². The maximum Gasteiger partial charge on any atom is 0.0627 e. The van der Waals surface area contributed by atoms with Gasteiger partial charge in [0, 0.05) is 6.04 Å². The molecule has 4 heteroatoms. The van der Waals surface area contributed by atoms with E-state index < -0.39 is 0 Å². The first kappa shape index (κ1) is 12.1. The molecule has 1 unspecified atom stereocenters. The average Bonchev–Trinajstić information content (AvgIpc) is 2.12. The van der Waals surface area contributed by atoms with Gasteiger partial charge in [-0.25, -0.2) is 0 Å². The van der Waals surface area contributed by atoms with Gasteiger partial charge in [0.15, 0.2) is 0 Å². The lowest BCUT2D eigenvalue weighted by molar-refractivity contribution is 0.570. The zero-order chi connectivity index (χ0) is 9.42. The highest BCUT2D eigenvalue weighted by Crippen LogP contribution is 2.36. The molecule has 0 radical (unpaired) electrons. The third-order valence-electron chi connectivity index (χ3n) is 2.57. The molecule has 1 aromatic rings. The van der Waals surface area contributed by atoms with Crippen LogP contribution in [0.5, 0.6) is 0 Å². The highest BCUT2D eigenvalue weighted by atomic mass is 35.5. The van der Waals surface area contributed by atoms with Crippen LogP contribution in [0, 0.1) is 0 Å². The normalized spacial score (nSPS) is 19.8. The highest BCUT2D eigenvalue weighted by Gasteiger charge is 2.19. The SMILES string of the molecule is Cl.NC1CCCc2c1ccc(Cl)c2Cl. The van der Waals surface area contributed by atoms with Gasteiger partial charge in [0.2, 0.25) is 0 Å². The quantitative estimate of drug-likeness (QED) is 0.748. The molecule has 1 atom stereocenters. The Morgan fingerprint density at radius 2 is 2.00 bits per heavy atom. The van der Waals surface area contributed by atoms with Gasteiger partial charge in [-0.1, -0.05) is 29.3 Å². The van der Waals surface area contributed by atoms with E-state index >= 15 is 0 Å². The average molecular weight is 253 g/mol. The van der Waals surface area contributed by atoms with E-state index in [1.807, 2.05) is 12.1 Å². The number of hydrogen-bond donors (Lipinski definition) is 1. The first-order chi connectivity index (χ1) is 6.20. The third kappa shape index (κ3) is 2.01. The van der Waals surface area contributed by atoms with Gasteiger partial charge < -0.3 is 5.73 Å². The number of rotatable bonds is 0. The van der Waals surface area contributed by atoms with Gasteiger partial charge in [-0.3, -0.25) is 0 Å². The van der Waals surface area contributed by atoms with E-state index in [-0.39, 0.29) is 18.4 Å². The van der Waals surface area contributed by atoms with Gasteiger partial charge in [0.25, 0.3) is 0 Å². The molecule has 0 saturated heterocycles. The second kappa shape index (κ2) is 4.71. The Morgan fingerprint density at radius 1 is 1.29 bits per heavy atom. The maximum atomic E-state index is 6.09. The van der Waals surface area contributed by atoms with Crippen LogP contribution < -0.4 is 5.73 Å². The highest BCUT2D eigenvalue weighted by molar-refractivity contribution is 6.42. The minimum absolute atomic E-state index is 0. The molecular weight excluding hydrogens is 240 g/mol. The first-order valence-corrected chi connectivity index (χ1v) is 5.18. The monoisotopic (exact) mass is 251 g/mol. The Morgan fingerprint density at radius 3 is 2.71 bits per heavy atom. The number of fused-ring (bicyclic) bond motifs is 1. The van der Waals surface area contributed by atoms with E-state index in [0.717, 1.165) is 24.8 Å². The summed E-state index contributed by atoms with van der Waals surface area (Å²) in [6, 6.07) is 3.96. The van der Waals surface area contributed by atoms with E-state index in [9.17, 15) is 0 Å². The second-order valence-electron chi connectivity index (χ2n) is 3.43. The van der Waals surface area contributed by atoms with Crippen LogP contribution in [0.3, 0.4) is 0 Å². The van der Waals surface area contributed by atoms with Gasteiger partial charge >= 0.3 is 0 Å². The molecule has 0 aromatic heterocycles. The van der Waals surface area contributed by atoms with Gasteiger partial charge in [0.1, 0.15) is 0 Å². The Hall–Kier alpha value is 0.0500. The van der Waals surface area contributed by atoms with E-state index in [1.54, 1.807) is 0 Å². The predicted octanol–water partition coefficient (Wildman–Crippen LogP) is 3.75. The fourth-order valence-electron chi connectivity index (χ4n) is 1.86. The van der Waals surface area contributed by atoms with Crippen LogP contribution in [0.25, 0.3) is 0 Å². The van der Waals surface area contributed by atoms with E-state index in [0.29, 0.717) is 10.0 Å². The fourth-order valence-corrected chi connectivity index (χ4v) is 2.31. The molecule has 0 amide bonds. The summed E-state index contributed by atoms with van der Waals surface area (Å²) in [7, 11) is 0. The van der Waals surface area contributed by atoms with Crippen molar-refractivity contribution in [2.75, 3.05) is 0 Å². The maximum absolute atomic E-state index is 6.09. The Bertz CT molecular complexity index is 338. The van der Waals surface area contributed by atoms with Crippen LogP contribution in [-0.2, 0) is 6.42 Å². The molecule has 2 rings (SSSR count). The molecule has 0 aliphatic heterocycles. The van der Waals surface area contributed by atoms with Crippen molar-refractivity contribution >= 4 is 35.6 Å². The zero-order valence-corrected chi connectivity index (χ0v) is 9.92. The number of halogens is 3. The summed E-state index contributed by atoms with van der Waals surface area (Å²) in [6.45, 7) is 0. The summed E-state index contributed by atoms with van der Waals surface area (Å²) in [5.41, 5.74) is 8.28. The summed E-state index contributed by atoms with van der Waals surface area (Å²) in [4.78, 5) is 0. The number of nitrogens with two attached hydrogens (primary N) is 1. The topological polar surface area (TPSA) is 26.0 Å². The molecule has 1 aliphatic carbocycles. The molecule has 78 valence electrons.